The van der Waals surface area contributed by atoms with Crippen molar-refractivity contribution in [1.29, 1.82) is 0 Å². The van der Waals surface area contributed by atoms with Crippen molar-refractivity contribution in [2.45, 2.75) is 18.9 Å². The molecule has 0 unspecified atom stereocenters. The molecule has 0 bridgehead atoms. The molecule has 0 fully saturated rings. The predicted molar refractivity (Wildman–Crippen MR) is 138 cm³/mol. The third-order valence-corrected chi connectivity index (χ3v) is 5.92. The molecule has 1 aliphatic heterocycles. The zero-order valence-electron chi connectivity index (χ0n) is 19.7. The van der Waals surface area contributed by atoms with Gasteiger partial charge < -0.3 is 20.3 Å². The summed E-state index contributed by atoms with van der Waals surface area (Å²) in [6.45, 7) is 4.39. The zero-order valence-corrected chi connectivity index (χ0v) is 20.4. The average Bonchev–Trinajstić information content (AvgIpc) is 3.33. The third kappa shape index (κ3) is 6.95. The van der Waals surface area contributed by atoms with Crippen molar-refractivity contribution in [1.82, 2.24) is 15.8 Å². The number of nitrogens with zero attached hydrogens (tertiary/aromatic N) is 1. The summed E-state index contributed by atoms with van der Waals surface area (Å²) in [5.41, 5.74) is 3.09. The van der Waals surface area contributed by atoms with Gasteiger partial charge >= 0.3 is 0 Å². The van der Waals surface area contributed by atoms with Gasteiger partial charge in [0.1, 0.15) is 29.4 Å². The van der Waals surface area contributed by atoms with Crippen LogP contribution in [0, 0.1) is 11.6 Å². The first-order valence-corrected chi connectivity index (χ1v) is 11.8. The molecule has 0 radical (unpaired) electrons. The van der Waals surface area contributed by atoms with Crippen molar-refractivity contribution in [2.24, 2.45) is 0 Å². The van der Waals surface area contributed by atoms with E-state index in [1.54, 1.807) is 36.5 Å². The van der Waals surface area contributed by atoms with Crippen LogP contribution in [0.15, 0.2) is 101 Å². The standard InChI is InChI=1S/C28H24ClF2N3O3/c1-17-9-24(35)3-2-8-32-15-20(17)13-27(36)33-26(12-18-10-22(30)14-23(31)11-18)28-25(16-37-34-28)19-4-6-21(29)7-5-19/h2-7,9-11,14-16,26,32,35H,1,8,12-13H2,(H,33,36)/b3-2-,20-15-,24-9+/t26-/m1/s1. The number of amides is 1. The number of hydrogen-bond donors (Lipinski definition) is 3. The highest BCUT2D eigenvalue weighted by atomic mass is 35.5. The summed E-state index contributed by atoms with van der Waals surface area (Å²) in [7, 11) is 0. The summed E-state index contributed by atoms with van der Waals surface area (Å²) in [5.74, 6) is -1.82. The van der Waals surface area contributed by atoms with E-state index in [9.17, 15) is 18.7 Å². The Hall–Kier alpha value is -4.17. The highest BCUT2D eigenvalue weighted by Gasteiger charge is 2.24. The van der Waals surface area contributed by atoms with Gasteiger partial charge in [-0.2, -0.15) is 0 Å². The number of halogens is 3. The Morgan fingerprint density at radius 1 is 1.22 bits per heavy atom. The van der Waals surface area contributed by atoms with E-state index in [-0.39, 0.29) is 24.5 Å². The molecule has 190 valence electrons. The molecule has 3 N–H and O–H groups in total. The first-order chi connectivity index (χ1) is 17.8. The molecule has 37 heavy (non-hydrogen) atoms. The van der Waals surface area contributed by atoms with Crippen molar-refractivity contribution >= 4 is 17.5 Å². The molecule has 1 aromatic heterocycles. The molecule has 3 aromatic rings. The van der Waals surface area contributed by atoms with Crippen LogP contribution in [0.25, 0.3) is 11.1 Å². The molecular formula is C28H24ClF2N3O3. The first-order valence-electron chi connectivity index (χ1n) is 11.4. The van der Waals surface area contributed by atoms with Crippen molar-refractivity contribution in [3.8, 4) is 11.1 Å². The molecule has 0 spiro atoms. The molecular weight excluding hydrogens is 500 g/mol. The SMILES string of the molecule is C=C1/C=C(O)\C=C/CN/C=C\1CC(=O)N[C@H](Cc1cc(F)cc(F)c1)c1nocc1-c1ccc(Cl)cc1. The Morgan fingerprint density at radius 3 is 2.68 bits per heavy atom. The molecule has 1 amide bonds. The molecule has 2 heterocycles. The summed E-state index contributed by atoms with van der Waals surface area (Å²) >= 11 is 6.02. The average molecular weight is 524 g/mol. The monoisotopic (exact) mass is 523 g/mol. The molecule has 1 atom stereocenters. The second-order valence-electron chi connectivity index (χ2n) is 8.47. The van der Waals surface area contributed by atoms with E-state index in [0.29, 0.717) is 39.5 Å². The van der Waals surface area contributed by atoms with Crippen molar-refractivity contribution < 1.29 is 23.2 Å². The first kappa shape index (κ1) is 25.9. The number of allylic oxidation sites excluding steroid dienone is 3. The number of carbonyl (C=O) groups is 1. The zero-order chi connectivity index (χ0) is 26.4. The lowest BCUT2D eigenvalue weighted by Crippen LogP contribution is -2.31. The number of rotatable bonds is 7. The van der Waals surface area contributed by atoms with Gasteiger partial charge in [0.05, 0.1) is 12.5 Å². The number of benzene rings is 2. The lowest BCUT2D eigenvalue weighted by Gasteiger charge is -2.19. The Kier molecular flexibility index (Phi) is 8.20. The van der Waals surface area contributed by atoms with Crippen molar-refractivity contribution in [3.05, 3.63) is 125 Å². The van der Waals surface area contributed by atoms with Crippen LogP contribution in [0.1, 0.15) is 23.7 Å². The minimum Gasteiger partial charge on any atom is -0.508 e. The molecule has 9 heteroatoms. The van der Waals surface area contributed by atoms with E-state index < -0.39 is 17.7 Å². The van der Waals surface area contributed by atoms with Gasteiger partial charge in [0.15, 0.2) is 0 Å². The van der Waals surface area contributed by atoms with Crippen LogP contribution < -0.4 is 10.6 Å². The summed E-state index contributed by atoms with van der Waals surface area (Å²) < 4.78 is 33.1. The number of aromatic nitrogens is 1. The number of hydrogen-bond acceptors (Lipinski definition) is 5. The minimum absolute atomic E-state index is 0.0150. The maximum atomic E-state index is 13.9. The summed E-state index contributed by atoms with van der Waals surface area (Å²) in [6.07, 6.45) is 7.81. The topological polar surface area (TPSA) is 87.4 Å². The van der Waals surface area contributed by atoms with Crippen LogP contribution in [0.3, 0.4) is 0 Å². The van der Waals surface area contributed by atoms with Gasteiger partial charge in [-0.25, -0.2) is 8.78 Å². The van der Waals surface area contributed by atoms with E-state index in [2.05, 4.69) is 22.4 Å². The van der Waals surface area contributed by atoms with E-state index in [1.165, 1.54) is 30.5 Å². The largest absolute Gasteiger partial charge is 0.508 e. The second kappa shape index (κ2) is 11.7. The van der Waals surface area contributed by atoms with Crippen LogP contribution in [-0.2, 0) is 11.2 Å². The Morgan fingerprint density at radius 2 is 1.95 bits per heavy atom. The van der Waals surface area contributed by atoms with Gasteiger partial charge in [0.2, 0.25) is 5.91 Å². The van der Waals surface area contributed by atoms with E-state index in [1.807, 2.05) is 0 Å². The summed E-state index contributed by atoms with van der Waals surface area (Å²) in [4.78, 5) is 13.2. The highest BCUT2D eigenvalue weighted by molar-refractivity contribution is 6.30. The number of nitrogens with one attached hydrogen (secondary N) is 2. The van der Waals surface area contributed by atoms with Gasteiger partial charge in [0, 0.05) is 29.4 Å². The quantitative estimate of drug-likeness (QED) is 0.348. The van der Waals surface area contributed by atoms with Gasteiger partial charge in [-0.3, -0.25) is 4.79 Å². The molecule has 2 aromatic carbocycles. The lowest BCUT2D eigenvalue weighted by molar-refractivity contribution is -0.121. The fraction of sp³-hybridized carbons (Fsp3) is 0.143. The number of aliphatic hydroxyl groups is 1. The summed E-state index contributed by atoms with van der Waals surface area (Å²) in [5, 5.41) is 20.6. The van der Waals surface area contributed by atoms with Crippen molar-refractivity contribution in [2.75, 3.05) is 6.54 Å². The smallest absolute Gasteiger partial charge is 0.225 e. The maximum Gasteiger partial charge on any atom is 0.225 e. The van der Waals surface area contributed by atoms with Gasteiger partial charge in [-0.1, -0.05) is 41.5 Å². The molecule has 0 saturated heterocycles. The van der Waals surface area contributed by atoms with Crippen LogP contribution in [-0.4, -0.2) is 22.7 Å². The predicted octanol–water partition coefficient (Wildman–Crippen LogP) is 6.10. The second-order valence-corrected chi connectivity index (χ2v) is 8.91. The lowest BCUT2D eigenvalue weighted by atomic mass is 9.96. The molecule has 0 aliphatic carbocycles. The molecule has 4 rings (SSSR count). The number of aliphatic hydroxyl groups excluding tert-OH is 1. The van der Waals surface area contributed by atoms with E-state index in [0.717, 1.165) is 11.6 Å². The molecule has 0 saturated carbocycles. The van der Waals surface area contributed by atoms with E-state index >= 15 is 0 Å². The van der Waals surface area contributed by atoms with Crippen LogP contribution in [0.5, 0.6) is 0 Å². The maximum absolute atomic E-state index is 13.9. The molecule has 6 nitrogen and oxygen atoms in total. The van der Waals surface area contributed by atoms with Crippen LogP contribution in [0.4, 0.5) is 8.78 Å². The number of carbonyl (C=O) groups excluding carboxylic acids is 1. The fourth-order valence-corrected chi connectivity index (χ4v) is 4.07. The van der Waals surface area contributed by atoms with Gasteiger partial charge in [0.25, 0.3) is 0 Å². The van der Waals surface area contributed by atoms with Crippen LogP contribution >= 0.6 is 11.6 Å². The molecule has 1 aliphatic rings. The third-order valence-electron chi connectivity index (χ3n) is 5.67. The summed E-state index contributed by atoms with van der Waals surface area (Å²) in [6, 6.07) is 9.41. The van der Waals surface area contributed by atoms with E-state index in [4.69, 9.17) is 16.1 Å². The minimum atomic E-state index is -0.776. The highest BCUT2D eigenvalue weighted by Crippen LogP contribution is 2.31. The normalized spacial score (nSPS) is 18.2. The van der Waals surface area contributed by atoms with Crippen LogP contribution in [0.2, 0.25) is 5.02 Å². The Balaban J connectivity index is 1.63. The Labute approximate surface area is 217 Å². The van der Waals surface area contributed by atoms with Gasteiger partial charge in [-0.05, 0) is 65.1 Å². The van der Waals surface area contributed by atoms with Gasteiger partial charge in [-0.15, -0.1) is 0 Å². The van der Waals surface area contributed by atoms with Crippen molar-refractivity contribution in [3.63, 3.8) is 0 Å². The fourth-order valence-electron chi connectivity index (χ4n) is 3.95. The Bertz CT molecular complexity index is 1370.